The molecule has 0 unspecified atom stereocenters. The number of primary amides is 1. The average molecular weight is 517 g/mol. The van der Waals surface area contributed by atoms with E-state index in [0.29, 0.717) is 66.8 Å². The minimum absolute atomic E-state index is 0.198. The molecule has 5 rings (SSSR count). The SMILES string of the molecule is Cc1nn(-c2cc(N3CCN(C(=O)N4N=CC[C@H]4c4cc(F)cc(C#N)c4)CC3)ncn2)c(C)c1C(N)=O. The van der Waals surface area contributed by atoms with Crippen LogP contribution in [0.3, 0.4) is 0 Å². The number of hydrogen-bond donors (Lipinski definition) is 1. The summed E-state index contributed by atoms with van der Waals surface area (Å²) < 4.78 is 15.6. The summed E-state index contributed by atoms with van der Waals surface area (Å²) in [5, 5.41) is 19.2. The number of urea groups is 1. The largest absolute Gasteiger partial charge is 0.365 e. The zero-order valence-electron chi connectivity index (χ0n) is 20.9. The molecular weight excluding hydrogens is 491 g/mol. The molecular formula is C25H25FN10O2. The molecule has 3 aromatic rings. The van der Waals surface area contributed by atoms with Gasteiger partial charge in [-0.05, 0) is 37.6 Å². The number of piperazine rings is 1. The van der Waals surface area contributed by atoms with Crippen LogP contribution < -0.4 is 10.6 Å². The molecule has 2 aliphatic rings. The van der Waals surface area contributed by atoms with Crippen molar-refractivity contribution < 1.29 is 14.0 Å². The van der Waals surface area contributed by atoms with Crippen molar-refractivity contribution in [1.82, 2.24) is 29.7 Å². The number of hydrazone groups is 1. The van der Waals surface area contributed by atoms with E-state index in [9.17, 15) is 19.2 Å². The number of aryl methyl sites for hydroxylation is 1. The summed E-state index contributed by atoms with van der Waals surface area (Å²) in [6.07, 6.45) is 3.50. The normalized spacial score (nSPS) is 17.1. The van der Waals surface area contributed by atoms with Gasteiger partial charge in [0.25, 0.3) is 5.91 Å². The molecule has 3 amide bonds. The van der Waals surface area contributed by atoms with E-state index in [1.54, 1.807) is 41.8 Å². The van der Waals surface area contributed by atoms with E-state index in [4.69, 9.17) is 5.73 Å². The summed E-state index contributed by atoms with van der Waals surface area (Å²) in [7, 11) is 0. The first-order valence-electron chi connectivity index (χ1n) is 12.0. The van der Waals surface area contributed by atoms with Crippen molar-refractivity contribution in [3.63, 3.8) is 0 Å². The standard InChI is InChI=1S/C25H25FN10O2/c1-15-23(24(28)37)16(2)35(32-15)22-12-21(29-14-30-22)33-5-7-34(8-6-33)25(38)36-20(3-4-31-36)18-9-17(13-27)10-19(26)11-18/h4,9-12,14,20H,3,5-8H2,1-2H3,(H2,28,37)/t20-/m0/s1. The van der Waals surface area contributed by atoms with Crippen LogP contribution in [0.25, 0.3) is 5.82 Å². The molecule has 0 bridgehead atoms. The van der Waals surface area contributed by atoms with E-state index in [2.05, 4.69) is 20.2 Å². The Labute approximate surface area is 217 Å². The number of amides is 3. The number of nitrogens with zero attached hydrogens (tertiary/aromatic N) is 9. The van der Waals surface area contributed by atoms with Crippen molar-refractivity contribution in [2.75, 3.05) is 31.1 Å². The fraction of sp³-hybridized carbons (Fsp3) is 0.320. The molecule has 1 saturated heterocycles. The molecule has 1 atom stereocenters. The molecule has 1 aromatic carbocycles. The van der Waals surface area contributed by atoms with Crippen LogP contribution in [-0.2, 0) is 0 Å². The maximum Gasteiger partial charge on any atom is 0.341 e. The molecule has 38 heavy (non-hydrogen) atoms. The second-order valence-corrected chi connectivity index (χ2v) is 9.09. The zero-order valence-corrected chi connectivity index (χ0v) is 20.9. The Bertz CT molecular complexity index is 1490. The summed E-state index contributed by atoms with van der Waals surface area (Å²) in [5.74, 6) is 0.0927. The lowest BCUT2D eigenvalue weighted by Gasteiger charge is -2.37. The van der Waals surface area contributed by atoms with Crippen molar-refractivity contribution >= 4 is 24.0 Å². The number of hydrogen-bond acceptors (Lipinski definition) is 8. The van der Waals surface area contributed by atoms with Crippen molar-refractivity contribution in [3.05, 3.63) is 64.5 Å². The van der Waals surface area contributed by atoms with Crippen LogP contribution in [0.1, 0.15) is 45.3 Å². The van der Waals surface area contributed by atoms with Crippen LogP contribution in [0.5, 0.6) is 0 Å². The van der Waals surface area contributed by atoms with Crippen LogP contribution in [0.2, 0.25) is 0 Å². The maximum absolute atomic E-state index is 14.0. The number of carbonyl (C=O) groups excluding carboxylic acids is 2. The third kappa shape index (κ3) is 4.52. The van der Waals surface area contributed by atoms with E-state index in [1.165, 1.54) is 17.4 Å². The topological polar surface area (TPSA) is 150 Å². The molecule has 4 heterocycles. The Balaban J connectivity index is 1.28. The maximum atomic E-state index is 14.0. The Hall–Kier alpha value is -4.86. The van der Waals surface area contributed by atoms with E-state index in [1.807, 2.05) is 11.0 Å². The molecule has 194 valence electrons. The molecule has 2 N–H and O–H groups in total. The fourth-order valence-electron chi connectivity index (χ4n) is 4.86. The van der Waals surface area contributed by atoms with Gasteiger partial charge in [0.1, 0.15) is 18.0 Å². The van der Waals surface area contributed by atoms with Crippen molar-refractivity contribution in [1.29, 1.82) is 5.26 Å². The second kappa shape index (κ2) is 9.89. The van der Waals surface area contributed by atoms with Gasteiger partial charge in [0.2, 0.25) is 0 Å². The van der Waals surface area contributed by atoms with Crippen LogP contribution >= 0.6 is 0 Å². The highest BCUT2D eigenvalue weighted by molar-refractivity contribution is 5.95. The van der Waals surface area contributed by atoms with Gasteiger partial charge in [-0.15, -0.1) is 0 Å². The predicted molar refractivity (Wildman–Crippen MR) is 135 cm³/mol. The summed E-state index contributed by atoms with van der Waals surface area (Å²) in [5.41, 5.74) is 7.70. The zero-order chi connectivity index (χ0) is 27.0. The lowest BCUT2D eigenvalue weighted by atomic mass is 10.0. The van der Waals surface area contributed by atoms with Gasteiger partial charge in [-0.2, -0.15) is 15.5 Å². The van der Waals surface area contributed by atoms with Gasteiger partial charge in [0.05, 0.1) is 34.6 Å². The van der Waals surface area contributed by atoms with Crippen molar-refractivity contribution in [2.24, 2.45) is 10.8 Å². The Kier molecular flexibility index (Phi) is 6.46. The molecule has 2 aromatic heterocycles. The van der Waals surface area contributed by atoms with Gasteiger partial charge >= 0.3 is 6.03 Å². The summed E-state index contributed by atoms with van der Waals surface area (Å²) in [6, 6.07) is 7.05. The number of benzene rings is 1. The van der Waals surface area contributed by atoms with Crippen LogP contribution in [0.4, 0.5) is 15.0 Å². The molecule has 0 saturated carbocycles. The molecule has 1 fully saturated rings. The number of aromatic nitrogens is 4. The second-order valence-electron chi connectivity index (χ2n) is 9.09. The van der Waals surface area contributed by atoms with E-state index < -0.39 is 17.8 Å². The molecule has 0 radical (unpaired) electrons. The smallest absolute Gasteiger partial charge is 0.341 e. The average Bonchev–Trinajstić information content (AvgIpc) is 3.52. The van der Waals surface area contributed by atoms with E-state index in [0.717, 1.165) is 6.07 Å². The quantitative estimate of drug-likeness (QED) is 0.558. The van der Waals surface area contributed by atoms with Gasteiger partial charge in [0, 0.05) is 44.9 Å². The highest BCUT2D eigenvalue weighted by Crippen LogP contribution is 2.31. The lowest BCUT2D eigenvalue weighted by Crippen LogP contribution is -2.52. The number of halogens is 1. The van der Waals surface area contributed by atoms with Gasteiger partial charge in [-0.1, -0.05) is 0 Å². The first-order valence-corrected chi connectivity index (χ1v) is 12.0. The van der Waals surface area contributed by atoms with Crippen LogP contribution in [0.15, 0.2) is 35.7 Å². The molecule has 12 nitrogen and oxygen atoms in total. The Morgan fingerprint density at radius 1 is 1.08 bits per heavy atom. The number of carbonyl (C=O) groups is 2. The monoisotopic (exact) mass is 516 g/mol. The number of rotatable bonds is 4. The molecule has 0 spiro atoms. The van der Waals surface area contributed by atoms with Crippen molar-refractivity contribution in [3.8, 4) is 11.9 Å². The first kappa shape index (κ1) is 24.8. The summed E-state index contributed by atoms with van der Waals surface area (Å²) >= 11 is 0. The van der Waals surface area contributed by atoms with Crippen LogP contribution in [0, 0.1) is 31.0 Å². The van der Waals surface area contributed by atoms with Crippen molar-refractivity contribution in [2.45, 2.75) is 26.3 Å². The predicted octanol–water partition coefficient (Wildman–Crippen LogP) is 2.06. The number of nitrogens with two attached hydrogens (primary N) is 1. The summed E-state index contributed by atoms with van der Waals surface area (Å²) in [4.78, 5) is 37.5. The van der Waals surface area contributed by atoms with Gasteiger partial charge < -0.3 is 15.5 Å². The molecule has 13 heteroatoms. The minimum Gasteiger partial charge on any atom is -0.365 e. The number of anilines is 1. The van der Waals surface area contributed by atoms with Gasteiger partial charge in [0.15, 0.2) is 5.82 Å². The van der Waals surface area contributed by atoms with Crippen LogP contribution in [-0.4, -0.2) is 74.0 Å². The van der Waals surface area contributed by atoms with E-state index in [-0.39, 0.29) is 11.6 Å². The van der Waals surface area contributed by atoms with Gasteiger partial charge in [-0.3, -0.25) is 4.79 Å². The Morgan fingerprint density at radius 2 is 1.82 bits per heavy atom. The number of nitriles is 1. The third-order valence-electron chi connectivity index (χ3n) is 6.73. The first-order chi connectivity index (χ1) is 18.3. The Morgan fingerprint density at radius 3 is 2.50 bits per heavy atom. The fourth-order valence-corrected chi connectivity index (χ4v) is 4.86. The third-order valence-corrected chi connectivity index (χ3v) is 6.73. The summed E-state index contributed by atoms with van der Waals surface area (Å²) in [6.45, 7) is 5.36. The minimum atomic E-state index is -0.547. The molecule has 2 aliphatic heterocycles. The van der Waals surface area contributed by atoms with E-state index >= 15 is 0 Å². The molecule has 0 aliphatic carbocycles. The highest BCUT2D eigenvalue weighted by Gasteiger charge is 2.33. The lowest BCUT2D eigenvalue weighted by molar-refractivity contribution is 0.0999. The van der Waals surface area contributed by atoms with Gasteiger partial charge in [-0.25, -0.2) is 28.8 Å². The highest BCUT2D eigenvalue weighted by atomic mass is 19.1.